The van der Waals surface area contributed by atoms with Crippen LogP contribution in [0.25, 0.3) is 11.4 Å². The number of rotatable bonds is 4. The van der Waals surface area contributed by atoms with Gasteiger partial charge in [0.05, 0.1) is 19.9 Å². The van der Waals surface area contributed by atoms with Crippen LogP contribution in [-0.4, -0.2) is 49.3 Å². The van der Waals surface area contributed by atoms with Crippen LogP contribution >= 0.6 is 0 Å². The lowest BCUT2D eigenvalue weighted by atomic mass is 10.1. The summed E-state index contributed by atoms with van der Waals surface area (Å²) < 4.78 is 49.2. The quantitative estimate of drug-likeness (QED) is 0.839. The van der Waals surface area contributed by atoms with Crippen LogP contribution < -0.4 is 4.74 Å². The van der Waals surface area contributed by atoms with Crippen molar-refractivity contribution in [2.45, 2.75) is 12.1 Å². The average molecular weight is 341 g/mol. The second-order valence-electron chi connectivity index (χ2n) is 5.46. The van der Waals surface area contributed by atoms with Gasteiger partial charge in [-0.05, 0) is 24.3 Å². The molecule has 9 heteroatoms. The zero-order valence-electron chi connectivity index (χ0n) is 12.7. The van der Waals surface area contributed by atoms with E-state index in [0.717, 1.165) is 10.6 Å². The Morgan fingerprint density at radius 2 is 2.04 bits per heavy atom. The molecule has 3 rings (SSSR count). The Labute approximate surface area is 133 Å². The van der Waals surface area contributed by atoms with E-state index in [9.17, 15) is 12.8 Å². The van der Waals surface area contributed by atoms with Crippen LogP contribution in [0.15, 0.2) is 28.8 Å². The molecule has 0 radical (unpaired) electrons. The summed E-state index contributed by atoms with van der Waals surface area (Å²) in [7, 11) is -1.89. The normalized spacial score (nSPS) is 22.4. The van der Waals surface area contributed by atoms with Gasteiger partial charge in [-0.3, -0.25) is 0 Å². The maximum atomic E-state index is 15.0. The van der Waals surface area contributed by atoms with Crippen molar-refractivity contribution >= 4 is 10.0 Å². The van der Waals surface area contributed by atoms with E-state index in [0.29, 0.717) is 11.3 Å². The van der Waals surface area contributed by atoms with Crippen LogP contribution in [0.4, 0.5) is 4.39 Å². The number of nitrogens with zero attached hydrogens (tertiary/aromatic N) is 3. The fraction of sp³-hybridized carbons (Fsp3) is 0.429. The zero-order chi connectivity index (χ0) is 16.7. The fourth-order valence-electron chi connectivity index (χ4n) is 2.46. The van der Waals surface area contributed by atoms with Crippen LogP contribution in [0.3, 0.4) is 0 Å². The minimum atomic E-state index is -3.45. The Hall–Kier alpha value is -2.00. The van der Waals surface area contributed by atoms with Crippen molar-refractivity contribution in [1.82, 2.24) is 14.4 Å². The maximum absolute atomic E-state index is 15.0. The van der Waals surface area contributed by atoms with Crippen LogP contribution in [-0.2, 0) is 15.7 Å². The minimum absolute atomic E-state index is 0.00961. The predicted octanol–water partition coefficient (Wildman–Crippen LogP) is 1.58. The molecule has 0 bridgehead atoms. The summed E-state index contributed by atoms with van der Waals surface area (Å²) in [5, 5.41) is 3.78. The van der Waals surface area contributed by atoms with Crippen LogP contribution in [0.2, 0.25) is 0 Å². The Morgan fingerprint density at radius 1 is 1.35 bits per heavy atom. The van der Waals surface area contributed by atoms with Crippen molar-refractivity contribution in [1.29, 1.82) is 0 Å². The monoisotopic (exact) mass is 341 g/mol. The molecule has 124 valence electrons. The van der Waals surface area contributed by atoms with E-state index < -0.39 is 15.7 Å². The van der Waals surface area contributed by atoms with E-state index in [1.807, 2.05) is 0 Å². The van der Waals surface area contributed by atoms with E-state index in [4.69, 9.17) is 9.26 Å². The first-order chi connectivity index (χ1) is 10.8. The molecule has 0 amide bonds. The van der Waals surface area contributed by atoms with Crippen molar-refractivity contribution in [3.8, 4) is 17.1 Å². The molecule has 1 unspecified atom stereocenters. The van der Waals surface area contributed by atoms with Crippen LogP contribution in [0.5, 0.6) is 5.75 Å². The van der Waals surface area contributed by atoms with Crippen molar-refractivity contribution in [3.05, 3.63) is 30.2 Å². The molecule has 0 aliphatic carbocycles. The molecule has 0 N–H and O–H groups in total. The molecule has 0 saturated carbocycles. The lowest BCUT2D eigenvalue weighted by Gasteiger charge is -2.15. The van der Waals surface area contributed by atoms with Crippen molar-refractivity contribution in [2.24, 2.45) is 0 Å². The highest BCUT2D eigenvalue weighted by molar-refractivity contribution is 7.88. The van der Waals surface area contributed by atoms with Gasteiger partial charge >= 0.3 is 0 Å². The number of benzene rings is 1. The molecule has 7 nitrogen and oxygen atoms in total. The minimum Gasteiger partial charge on any atom is -0.497 e. The van der Waals surface area contributed by atoms with Crippen LogP contribution in [0, 0.1) is 0 Å². The number of aromatic nitrogens is 2. The SMILES string of the molecule is COc1ccc(-c2noc(C3(F)CCN(S(C)(=O)=O)C3)n2)cc1. The van der Waals surface area contributed by atoms with E-state index in [2.05, 4.69) is 10.1 Å². The van der Waals surface area contributed by atoms with Crippen molar-refractivity contribution in [2.75, 3.05) is 26.5 Å². The van der Waals surface area contributed by atoms with Crippen molar-refractivity contribution < 1.29 is 22.1 Å². The summed E-state index contributed by atoms with van der Waals surface area (Å²) >= 11 is 0. The molecule has 1 atom stereocenters. The van der Waals surface area contributed by atoms with Crippen LogP contribution in [0.1, 0.15) is 12.3 Å². The largest absolute Gasteiger partial charge is 0.497 e. The summed E-state index contributed by atoms with van der Waals surface area (Å²) in [6.45, 7) is -0.217. The summed E-state index contributed by atoms with van der Waals surface area (Å²) in [6.07, 6.45) is 1.04. The first-order valence-corrected chi connectivity index (χ1v) is 8.79. The van der Waals surface area contributed by atoms with Gasteiger partial charge in [-0.2, -0.15) is 9.29 Å². The Bertz CT molecular complexity index is 806. The number of ether oxygens (including phenoxy) is 1. The molecule has 2 aromatic rings. The maximum Gasteiger partial charge on any atom is 0.266 e. The number of sulfonamides is 1. The number of hydrogen-bond donors (Lipinski definition) is 0. The third-order valence-corrected chi connectivity index (χ3v) is 5.06. The zero-order valence-corrected chi connectivity index (χ0v) is 13.5. The van der Waals surface area contributed by atoms with Gasteiger partial charge in [0, 0.05) is 18.5 Å². The highest BCUT2D eigenvalue weighted by Crippen LogP contribution is 2.36. The fourth-order valence-corrected chi connectivity index (χ4v) is 3.32. The first kappa shape index (κ1) is 15.9. The molecule has 1 aromatic heterocycles. The second-order valence-corrected chi connectivity index (χ2v) is 7.45. The molecule has 1 aliphatic heterocycles. The van der Waals surface area contributed by atoms with Gasteiger partial charge in [-0.15, -0.1) is 0 Å². The molecular formula is C14H16FN3O4S. The lowest BCUT2D eigenvalue weighted by Crippen LogP contribution is -2.31. The molecule has 23 heavy (non-hydrogen) atoms. The molecule has 2 heterocycles. The topological polar surface area (TPSA) is 85.5 Å². The van der Waals surface area contributed by atoms with E-state index in [-0.39, 0.29) is 31.2 Å². The molecule has 1 saturated heterocycles. The molecule has 0 spiro atoms. The predicted molar refractivity (Wildman–Crippen MR) is 80.1 cm³/mol. The van der Waals surface area contributed by atoms with Gasteiger partial charge < -0.3 is 9.26 Å². The van der Waals surface area contributed by atoms with Crippen molar-refractivity contribution in [3.63, 3.8) is 0 Å². The number of halogens is 1. The summed E-state index contributed by atoms with van der Waals surface area (Å²) in [4.78, 5) is 4.09. The standard InChI is InChI=1S/C14H16FN3O4S/c1-21-11-5-3-10(4-6-11)12-16-13(22-17-12)14(15)7-8-18(9-14)23(2,19)20/h3-6H,7-9H2,1-2H3. The molecule has 1 fully saturated rings. The third-order valence-electron chi connectivity index (χ3n) is 3.81. The molecular weight excluding hydrogens is 325 g/mol. The van der Waals surface area contributed by atoms with E-state index in [1.54, 1.807) is 31.4 Å². The highest BCUT2D eigenvalue weighted by atomic mass is 32.2. The number of methoxy groups -OCH3 is 1. The van der Waals surface area contributed by atoms with E-state index in [1.165, 1.54) is 0 Å². The van der Waals surface area contributed by atoms with Gasteiger partial charge in [-0.25, -0.2) is 12.8 Å². The highest BCUT2D eigenvalue weighted by Gasteiger charge is 2.47. The smallest absolute Gasteiger partial charge is 0.266 e. The Morgan fingerprint density at radius 3 is 2.61 bits per heavy atom. The van der Waals surface area contributed by atoms with Gasteiger partial charge in [0.2, 0.25) is 21.5 Å². The first-order valence-electron chi connectivity index (χ1n) is 6.94. The second kappa shape index (κ2) is 5.57. The summed E-state index contributed by atoms with van der Waals surface area (Å²) in [6, 6.07) is 6.93. The average Bonchev–Trinajstić information content (AvgIpc) is 3.15. The molecule has 1 aliphatic rings. The van der Waals surface area contributed by atoms with Gasteiger partial charge in [0.25, 0.3) is 5.89 Å². The number of hydrogen-bond acceptors (Lipinski definition) is 6. The lowest BCUT2D eigenvalue weighted by molar-refractivity contribution is 0.127. The van der Waals surface area contributed by atoms with Gasteiger partial charge in [0.1, 0.15) is 5.75 Å². The van der Waals surface area contributed by atoms with Gasteiger partial charge in [-0.1, -0.05) is 5.16 Å². The summed E-state index contributed by atoms with van der Waals surface area (Å²) in [5.41, 5.74) is -1.30. The molecule has 1 aromatic carbocycles. The van der Waals surface area contributed by atoms with Gasteiger partial charge in [0.15, 0.2) is 0 Å². The number of alkyl halides is 1. The Kier molecular flexibility index (Phi) is 3.85. The van der Waals surface area contributed by atoms with E-state index >= 15 is 0 Å². The third kappa shape index (κ3) is 3.06. The summed E-state index contributed by atoms with van der Waals surface area (Å²) in [5.74, 6) is 0.728. The Balaban J connectivity index is 1.84.